The lowest BCUT2D eigenvalue weighted by Gasteiger charge is -2.34. The second-order valence-electron chi connectivity index (χ2n) is 5.90. The first-order chi connectivity index (χ1) is 10.2. The summed E-state index contributed by atoms with van der Waals surface area (Å²) in [7, 11) is 0. The molecule has 1 aromatic heterocycles. The van der Waals surface area contributed by atoms with E-state index >= 15 is 0 Å². The molecule has 2 aliphatic rings. The van der Waals surface area contributed by atoms with Crippen LogP contribution in [0.5, 0.6) is 0 Å². The molecule has 3 heterocycles. The van der Waals surface area contributed by atoms with Crippen LogP contribution < -0.4 is 0 Å². The lowest BCUT2D eigenvalue weighted by Crippen LogP contribution is -2.50. The summed E-state index contributed by atoms with van der Waals surface area (Å²) < 4.78 is 0. The number of thiazole rings is 1. The van der Waals surface area contributed by atoms with Gasteiger partial charge in [0.1, 0.15) is 6.04 Å². The van der Waals surface area contributed by atoms with E-state index in [0.717, 1.165) is 30.8 Å². The zero-order valence-electron chi connectivity index (χ0n) is 12.3. The van der Waals surface area contributed by atoms with E-state index in [0.29, 0.717) is 19.5 Å². The number of carbonyl (C=O) groups is 2. The zero-order valence-corrected chi connectivity index (χ0v) is 13.1. The van der Waals surface area contributed by atoms with Gasteiger partial charge in [-0.2, -0.15) is 0 Å². The van der Waals surface area contributed by atoms with Crippen LogP contribution in [-0.2, 0) is 9.59 Å². The molecule has 5 nitrogen and oxygen atoms in total. The molecule has 2 saturated heterocycles. The molecule has 2 aliphatic heterocycles. The van der Waals surface area contributed by atoms with Crippen molar-refractivity contribution in [3.63, 3.8) is 0 Å². The monoisotopic (exact) mass is 307 g/mol. The fraction of sp³-hybridized carbons (Fsp3) is 0.667. The predicted molar refractivity (Wildman–Crippen MR) is 81.1 cm³/mol. The number of rotatable bonds is 3. The first-order valence-electron chi connectivity index (χ1n) is 7.64. The Kier molecular flexibility index (Phi) is 4.24. The molecule has 2 atom stereocenters. The molecule has 3 rings (SSSR count). The molecule has 114 valence electrons. The molecular formula is C15H21N3O2S. The lowest BCUT2D eigenvalue weighted by atomic mass is 10.0. The highest BCUT2D eigenvalue weighted by molar-refractivity contribution is 7.09. The van der Waals surface area contributed by atoms with E-state index in [1.807, 2.05) is 10.3 Å². The summed E-state index contributed by atoms with van der Waals surface area (Å²) in [6.45, 7) is 4.03. The van der Waals surface area contributed by atoms with Crippen LogP contribution in [0.2, 0.25) is 0 Å². The molecular weight excluding hydrogens is 286 g/mol. The van der Waals surface area contributed by atoms with Crippen LogP contribution in [0.1, 0.15) is 43.5 Å². The predicted octanol–water partition coefficient (Wildman–Crippen LogP) is 1.86. The van der Waals surface area contributed by atoms with Crippen LogP contribution in [-0.4, -0.2) is 52.3 Å². The van der Waals surface area contributed by atoms with E-state index in [2.05, 4.69) is 11.9 Å². The third kappa shape index (κ3) is 2.95. The Hall–Kier alpha value is -1.43. The summed E-state index contributed by atoms with van der Waals surface area (Å²) in [5.41, 5.74) is 0. The number of aromatic nitrogens is 1. The molecule has 0 saturated carbocycles. The van der Waals surface area contributed by atoms with Crippen LogP contribution in [0.3, 0.4) is 0 Å². The van der Waals surface area contributed by atoms with Crippen molar-refractivity contribution < 1.29 is 9.59 Å². The van der Waals surface area contributed by atoms with Gasteiger partial charge in [-0.15, -0.1) is 11.3 Å². The Morgan fingerprint density at radius 2 is 2.24 bits per heavy atom. The van der Waals surface area contributed by atoms with Crippen molar-refractivity contribution in [1.82, 2.24) is 14.8 Å². The highest BCUT2D eigenvalue weighted by Crippen LogP contribution is 2.25. The van der Waals surface area contributed by atoms with Crippen molar-refractivity contribution in [2.75, 3.05) is 19.6 Å². The second-order valence-corrected chi connectivity index (χ2v) is 6.83. The minimum absolute atomic E-state index is 0.129. The minimum Gasteiger partial charge on any atom is -0.340 e. The van der Waals surface area contributed by atoms with E-state index in [1.54, 1.807) is 22.4 Å². The largest absolute Gasteiger partial charge is 0.340 e. The number of carbonyl (C=O) groups excluding carboxylic acids is 2. The minimum atomic E-state index is -0.225. The second kappa shape index (κ2) is 6.13. The summed E-state index contributed by atoms with van der Waals surface area (Å²) in [4.78, 5) is 32.9. The standard InChI is InChI=1S/C15H21N3O2S/c1-11(14-16-6-9-21-14)10-17-8-5-13(19)18-7-3-2-4-12(18)15(17)20/h6,9,11-12H,2-5,7-8,10H2,1H3. The van der Waals surface area contributed by atoms with Gasteiger partial charge < -0.3 is 9.80 Å². The highest BCUT2D eigenvalue weighted by atomic mass is 32.1. The van der Waals surface area contributed by atoms with Crippen molar-refractivity contribution in [1.29, 1.82) is 0 Å². The van der Waals surface area contributed by atoms with E-state index in [4.69, 9.17) is 0 Å². The maximum absolute atomic E-state index is 12.7. The SMILES string of the molecule is CC(CN1CCC(=O)N2CCCCC2C1=O)c1nccs1. The van der Waals surface area contributed by atoms with Gasteiger partial charge in [-0.3, -0.25) is 9.59 Å². The van der Waals surface area contributed by atoms with Crippen molar-refractivity contribution >= 4 is 23.2 Å². The van der Waals surface area contributed by atoms with Crippen molar-refractivity contribution in [2.45, 2.75) is 44.6 Å². The van der Waals surface area contributed by atoms with Crippen LogP contribution >= 0.6 is 11.3 Å². The Morgan fingerprint density at radius 1 is 1.38 bits per heavy atom. The molecule has 0 aliphatic carbocycles. The summed E-state index contributed by atoms with van der Waals surface area (Å²) >= 11 is 1.62. The zero-order chi connectivity index (χ0) is 14.8. The van der Waals surface area contributed by atoms with E-state index < -0.39 is 0 Å². The summed E-state index contributed by atoms with van der Waals surface area (Å²) in [6, 6.07) is -0.225. The van der Waals surface area contributed by atoms with Gasteiger partial charge in [0, 0.05) is 43.5 Å². The molecule has 6 heteroatoms. The first kappa shape index (κ1) is 14.5. The third-order valence-electron chi connectivity index (χ3n) is 4.38. The van der Waals surface area contributed by atoms with Crippen molar-refractivity contribution in [3.8, 4) is 0 Å². The topological polar surface area (TPSA) is 53.5 Å². The number of piperidine rings is 1. The van der Waals surface area contributed by atoms with Crippen LogP contribution in [0.4, 0.5) is 0 Å². The van der Waals surface area contributed by atoms with Crippen LogP contribution in [0.25, 0.3) is 0 Å². The molecule has 2 unspecified atom stereocenters. The number of hydrogen-bond acceptors (Lipinski definition) is 4. The molecule has 2 amide bonds. The first-order valence-corrected chi connectivity index (χ1v) is 8.52. The molecule has 0 radical (unpaired) electrons. The maximum Gasteiger partial charge on any atom is 0.245 e. The fourth-order valence-corrected chi connectivity index (χ4v) is 3.94. The summed E-state index contributed by atoms with van der Waals surface area (Å²) in [6.07, 6.45) is 5.12. The average Bonchev–Trinajstić information content (AvgIpc) is 3.01. The lowest BCUT2D eigenvalue weighted by molar-refractivity contribution is -0.143. The Balaban J connectivity index is 1.73. The maximum atomic E-state index is 12.7. The molecule has 0 N–H and O–H groups in total. The molecule has 0 aromatic carbocycles. The number of amides is 2. The number of hydrogen-bond donors (Lipinski definition) is 0. The number of fused-ring (bicyclic) bond motifs is 1. The van der Waals surface area contributed by atoms with Crippen molar-refractivity contribution in [3.05, 3.63) is 16.6 Å². The Morgan fingerprint density at radius 3 is 3.00 bits per heavy atom. The van der Waals surface area contributed by atoms with E-state index in [-0.39, 0.29) is 23.8 Å². The summed E-state index contributed by atoms with van der Waals surface area (Å²) in [5, 5.41) is 3.02. The molecule has 21 heavy (non-hydrogen) atoms. The molecule has 0 bridgehead atoms. The number of nitrogens with zero attached hydrogens (tertiary/aromatic N) is 3. The molecule has 2 fully saturated rings. The van der Waals surface area contributed by atoms with Crippen LogP contribution in [0, 0.1) is 0 Å². The van der Waals surface area contributed by atoms with E-state index in [1.165, 1.54) is 0 Å². The smallest absolute Gasteiger partial charge is 0.245 e. The summed E-state index contributed by atoms with van der Waals surface area (Å²) in [5.74, 6) is 0.487. The van der Waals surface area contributed by atoms with Gasteiger partial charge in [0.15, 0.2) is 0 Å². The van der Waals surface area contributed by atoms with E-state index in [9.17, 15) is 9.59 Å². The van der Waals surface area contributed by atoms with Gasteiger partial charge in [0.25, 0.3) is 0 Å². The van der Waals surface area contributed by atoms with Gasteiger partial charge >= 0.3 is 0 Å². The van der Waals surface area contributed by atoms with Gasteiger partial charge in [-0.25, -0.2) is 4.98 Å². The van der Waals surface area contributed by atoms with Gasteiger partial charge in [0.2, 0.25) is 11.8 Å². The molecule has 0 spiro atoms. The third-order valence-corrected chi connectivity index (χ3v) is 5.39. The Bertz CT molecular complexity index is 517. The fourth-order valence-electron chi connectivity index (χ4n) is 3.25. The normalized spacial score (nSPS) is 24.7. The van der Waals surface area contributed by atoms with Crippen LogP contribution in [0.15, 0.2) is 11.6 Å². The molecule has 1 aromatic rings. The van der Waals surface area contributed by atoms with Gasteiger partial charge in [0.05, 0.1) is 5.01 Å². The van der Waals surface area contributed by atoms with Gasteiger partial charge in [-0.1, -0.05) is 6.92 Å². The average molecular weight is 307 g/mol. The van der Waals surface area contributed by atoms with Crippen molar-refractivity contribution in [2.24, 2.45) is 0 Å². The van der Waals surface area contributed by atoms with Gasteiger partial charge in [-0.05, 0) is 19.3 Å². The highest BCUT2D eigenvalue weighted by Gasteiger charge is 2.38. The Labute approximate surface area is 129 Å². The quantitative estimate of drug-likeness (QED) is 0.856.